The van der Waals surface area contributed by atoms with E-state index in [0.29, 0.717) is 56.5 Å². The fraction of sp³-hybridized carbons (Fsp3) is 0.360. The number of morpholine rings is 1. The van der Waals surface area contributed by atoms with E-state index in [1.807, 2.05) is 18.2 Å². The number of nitrogens with one attached hydrogen (secondary N) is 3. The van der Waals surface area contributed by atoms with Gasteiger partial charge < -0.3 is 30.3 Å². The van der Waals surface area contributed by atoms with Crippen molar-refractivity contribution in [3.63, 3.8) is 0 Å². The molecule has 0 atom stereocenters. The van der Waals surface area contributed by atoms with Gasteiger partial charge >= 0.3 is 0 Å². The highest BCUT2D eigenvalue weighted by Crippen LogP contribution is 2.34. The van der Waals surface area contributed by atoms with Gasteiger partial charge in [0, 0.05) is 51.0 Å². The number of halogens is 1. The third-order valence-electron chi connectivity index (χ3n) is 6.39. The van der Waals surface area contributed by atoms with Crippen LogP contribution in [0, 0.1) is 0 Å². The van der Waals surface area contributed by atoms with Gasteiger partial charge in [0.05, 0.1) is 37.9 Å². The summed E-state index contributed by atoms with van der Waals surface area (Å²) in [6.07, 6.45) is 1.46. The van der Waals surface area contributed by atoms with Crippen molar-refractivity contribution in [2.75, 3.05) is 75.1 Å². The maximum Gasteiger partial charge on any atom is 0.245 e. The van der Waals surface area contributed by atoms with Crippen molar-refractivity contribution >= 4 is 50.5 Å². The molecule has 5 rings (SSSR count). The molecule has 0 radical (unpaired) electrons. The molecule has 0 unspecified atom stereocenters. The van der Waals surface area contributed by atoms with E-state index in [4.69, 9.17) is 21.1 Å². The molecule has 0 aliphatic carbocycles. The zero-order chi connectivity index (χ0) is 26.5. The highest BCUT2D eigenvalue weighted by molar-refractivity contribution is 7.89. The summed E-state index contributed by atoms with van der Waals surface area (Å²) >= 11 is 6.41. The van der Waals surface area contributed by atoms with Gasteiger partial charge in [0.15, 0.2) is 5.82 Å². The lowest BCUT2D eigenvalue weighted by molar-refractivity contribution is 0.122. The largest absolute Gasteiger partial charge is 0.494 e. The molecule has 13 heteroatoms. The third kappa shape index (κ3) is 5.79. The van der Waals surface area contributed by atoms with Crippen molar-refractivity contribution in [3.05, 3.63) is 53.7 Å². The first-order valence-electron chi connectivity index (χ1n) is 12.3. The summed E-state index contributed by atoms with van der Waals surface area (Å²) in [4.78, 5) is 11.2. The third-order valence-corrected chi connectivity index (χ3v) is 8.62. The average molecular weight is 560 g/mol. The number of sulfonamides is 1. The predicted molar refractivity (Wildman–Crippen MR) is 148 cm³/mol. The first-order chi connectivity index (χ1) is 18.5. The maximum absolute atomic E-state index is 13.4. The van der Waals surface area contributed by atoms with Crippen LogP contribution in [-0.2, 0) is 14.8 Å². The molecule has 11 nitrogen and oxygen atoms in total. The Labute approximate surface area is 227 Å². The lowest BCUT2D eigenvalue weighted by atomic mass is 10.2. The monoisotopic (exact) mass is 559 g/mol. The quantitative estimate of drug-likeness (QED) is 0.379. The summed E-state index contributed by atoms with van der Waals surface area (Å²) in [7, 11) is -2.10. The summed E-state index contributed by atoms with van der Waals surface area (Å²) in [6, 6.07) is 12.6. The molecular formula is C25H30ClN7O4S. The van der Waals surface area contributed by atoms with Crippen molar-refractivity contribution in [1.82, 2.24) is 19.6 Å². The Morgan fingerprint density at radius 1 is 1.03 bits per heavy atom. The number of para-hydroxylation sites is 1. The normalized spacial score (nSPS) is 16.7. The number of methoxy groups -OCH3 is 1. The van der Waals surface area contributed by atoms with E-state index in [9.17, 15) is 8.42 Å². The molecule has 3 heterocycles. The van der Waals surface area contributed by atoms with Gasteiger partial charge in [0.1, 0.15) is 15.7 Å². The van der Waals surface area contributed by atoms with Crippen LogP contribution >= 0.6 is 11.6 Å². The Bertz CT molecular complexity index is 1380. The maximum atomic E-state index is 13.4. The van der Waals surface area contributed by atoms with Crippen LogP contribution in [0.1, 0.15) is 0 Å². The summed E-state index contributed by atoms with van der Waals surface area (Å²) in [5.41, 5.74) is 2.10. The molecule has 2 fully saturated rings. The predicted octanol–water partition coefficient (Wildman–Crippen LogP) is 3.06. The smallest absolute Gasteiger partial charge is 0.245 e. The van der Waals surface area contributed by atoms with Gasteiger partial charge in [-0.25, -0.2) is 13.4 Å². The van der Waals surface area contributed by atoms with Crippen LogP contribution in [0.3, 0.4) is 0 Å². The minimum Gasteiger partial charge on any atom is -0.494 e. The van der Waals surface area contributed by atoms with Crippen molar-refractivity contribution in [2.45, 2.75) is 4.90 Å². The number of anilines is 5. The van der Waals surface area contributed by atoms with Gasteiger partial charge in [-0.1, -0.05) is 23.7 Å². The molecule has 2 aromatic carbocycles. The second-order valence-corrected chi connectivity index (χ2v) is 11.1. The minimum absolute atomic E-state index is 0.159. The zero-order valence-corrected chi connectivity index (χ0v) is 22.6. The Morgan fingerprint density at radius 3 is 2.55 bits per heavy atom. The van der Waals surface area contributed by atoms with Crippen molar-refractivity contribution in [1.29, 1.82) is 0 Å². The summed E-state index contributed by atoms with van der Waals surface area (Å²) in [6.45, 7) is 5.05. The van der Waals surface area contributed by atoms with E-state index in [2.05, 4.69) is 30.8 Å². The zero-order valence-electron chi connectivity index (χ0n) is 21.0. The number of nitrogens with zero attached hydrogens (tertiary/aromatic N) is 4. The molecular weight excluding hydrogens is 530 g/mol. The van der Waals surface area contributed by atoms with Crippen molar-refractivity contribution < 1.29 is 17.9 Å². The molecule has 3 aromatic rings. The number of hydrogen-bond acceptors (Lipinski definition) is 10. The van der Waals surface area contributed by atoms with E-state index in [-0.39, 0.29) is 21.7 Å². The number of aromatic nitrogens is 2. The first-order valence-corrected chi connectivity index (χ1v) is 14.1. The number of benzene rings is 2. The highest BCUT2D eigenvalue weighted by atomic mass is 35.5. The SMILES string of the molecule is COc1cc(N2CCOCC2)ccc1Nc1ncc(Cl)c(Nc2ccccc2S(=O)(=O)N2CCNCC2)n1. The van der Waals surface area contributed by atoms with Crippen molar-refractivity contribution in [3.8, 4) is 5.75 Å². The molecule has 0 saturated carbocycles. The molecule has 2 aliphatic heterocycles. The molecule has 1 aromatic heterocycles. The topological polar surface area (TPSA) is 121 Å². The van der Waals surface area contributed by atoms with E-state index < -0.39 is 10.0 Å². The van der Waals surface area contributed by atoms with Gasteiger partial charge in [-0.2, -0.15) is 9.29 Å². The Balaban J connectivity index is 1.38. The van der Waals surface area contributed by atoms with Gasteiger partial charge in [0.25, 0.3) is 0 Å². The van der Waals surface area contributed by atoms with Crippen molar-refractivity contribution in [2.24, 2.45) is 0 Å². The highest BCUT2D eigenvalue weighted by Gasteiger charge is 2.28. The van der Waals surface area contributed by atoms with Crippen LogP contribution in [0.15, 0.2) is 53.6 Å². The van der Waals surface area contributed by atoms with Crippen LogP contribution < -0.4 is 25.6 Å². The molecule has 0 spiro atoms. The number of ether oxygens (including phenoxy) is 2. The van der Waals surface area contributed by atoms with Crippen LogP contribution in [0.2, 0.25) is 5.02 Å². The molecule has 38 heavy (non-hydrogen) atoms. The Kier molecular flexibility index (Phi) is 8.15. The van der Waals surface area contributed by atoms with E-state index in [1.54, 1.807) is 31.4 Å². The summed E-state index contributed by atoms with van der Waals surface area (Å²) < 4.78 is 39.3. The fourth-order valence-corrected chi connectivity index (χ4v) is 6.11. The fourth-order valence-electron chi connectivity index (χ4n) is 4.38. The van der Waals surface area contributed by atoms with E-state index in [0.717, 1.165) is 18.8 Å². The molecule has 0 amide bonds. The van der Waals surface area contributed by atoms with E-state index in [1.165, 1.54) is 10.5 Å². The van der Waals surface area contributed by atoms with Crippen LogP contribution in [-0.4, -0.2) is 82.3 Å². The first kappa shape index (κ1) is 26.4. The lowest BCUT2D eigenvalue weighted by Gasteiger charge is -2.29. The summed E-state index contributed by atoms with van der Waals surface area (Å²) in [5.74, 6) is 1.18. The van der Waals surface area contributed by atoms with E-state index >= 15 is 0 Å². The Hall–Kier alpha value is -3.16. The molecule has 3 N–H and O–H groups in total. The molecule has 2 saturated heterocycles. The average Bonchev–Trinajstić information content (AvgIpc) is 2.96. The van der Waals surface area contributed by atoms with Gasteiger partial charge in [0.2, 0.25) is 16.0 Å². The van der Waals surface area contributed by atoms with Crippen LogP contribution in [0.25, 0.3) is 0 Å². The molecule has 202 valence electrons. The second-order valence-electron chi connectivity index (χ2n) is 8.77. The summed E-state index contributed by atoms with van der Waals surface area (Å²) in [5, 5.41) is 9.70. The standard InChI is InChI=1S/C25H30ClN7O4S/c1-36-22-16-18(32-12-14-37-15-13-32)6-7-20(22)30-25-28-17-19(26)24(31-25)29-21-4-2-3-5-23(21)38(34,35)33-10-8-27-9-11-33/h2-7,16-17,27H,8-15H2,1H3,(H2,28,29,30,31). The number of rotatable bonds is 8. The van der Waals surface area contributed by atoms with Gasteiger partial charge in [-0.3, -0.25) is 0 Å². The second kappa shape index (κ2) is 11.7. The number of hydrogen-bond donors (Lipinski definition) is 3. The minimum atomic E-state index is -3.71. The van der Waals surface area contributed by atoms with Crippen LogP contribution in [0.5, 0.6) is 5.75 Å². The molecule has 2 aliphatic rings. The Morgan fingerprint density at radius 2 is 1.79 bits per heavy atom. The lowest BCUT2D eigenvalue weighted by Crippen LogP contribution is -2.46. The number of piperazine rings is 1. The van der Waals surface area contributed by atoms with Gasteiger partial charge in [-0.15, -0.1) is 0 Å². The van der Waals surface area contributed by atoms with Crippen LogP contribution in [0.4, 0.5) is 28.8 Å². The van der Waals surface area contributed by atoms with Gasteiger partial charge in [-0.05, 0) is 24.3 Å². The molecule has 0 bridgehead atoms.